The molecule has 2 unspecified atom stereocenters. The van der Waals surface area contributed by atoms with Gasteiger partial charge in [0, 0.05) is 32.7 Å². The van der Waals surface area contributed by atoms with Crippen LogP contribution in [0.2, 0.25) is 0 Å². The average molecular weight is 200 g/mol. The van der Waals surface area contributed by atoms with Gasteiger partial charge >= 0.3 is 0 Å². The molecule has 1 aliphatic heterocycles. The third-order valence-electron chi connectivity index (χ3n) is 1.93. The molecule has 0 aromatic heterocycles. The summed E-state index contributed by atoms with van der Waals surface area (Å²) in [6.07, 6.45) is 1.00. The molecule has 1 aliphatic rings. The zero-order valence-electron chi connectivity index (χ0n) is 6.01. The van der Waals surface area contributed by atoms with Crippen LogP contribution in [0.1, 0.15) is 6.42 Å². The molecule has 1 heterocycles. The topological polar surface area (TPSA) is 3.24 Å². The quantitative estimate of drug-likeness (QED) is 0.570. The van der Waals surface area contributed by atoms with Crippen LogP contribution in [-0.4, -0.2) is 24.5 Å². The summed E-state index contributed by atoms with van der Waals surface area (Å²) < 4.78 is 0. The minimum Gasteiger partial charge on any atom is -0.342 e. The van der Waals surface area contributed by atoms with Gasteiger partial charge in [-0.3, -0.25) is 0 Å². The molecule has 1 nitrogen and oxygen atoms in total. The zero-order chi connectivity index (χ0) is 6.15. The van der Waals surface area contributed by atoms with Crippen LogP contribution in [0.3, 0.4) is 0 Å². The Labute approximate surface area is 83.1 Å². The van der Waals surface area contributed by atoms with E-state index < -0.39 is 0 Å². The summed E-state index contributed by atoms with van der Waals surface area (Å²) in [5, 5.41) is 0. The van der Waals surface area contributed by atoms with Crippen LogP contribution >= 0.6 is 0 Å². The first kappa shape index (κ1) is 10.1. The van der Waals surface area contributed by atoms with Gasteiger partial charge in [-0.25, -0.2) is 0 Å². The molecule has 0 spiro atoms. The minimum atomic E-state index is 0. The summed E-state index contributed by atoms with van der Waals surface area (Å²) in [4.78, 5) is 2.30. The molecule has 0 amide bonds. The number of hydrogen-bond acceptors (Lipinski definition) is 1. The second-order valence-electron chi connectivity index (χ2n) is 2.56. The Morgan fingerprint density at radius 1 is 1.67 bits per heavy atom. The van der Waals surface area contributed by atoms with Gasteiger partial charge < -0.3 is 18.7 Å². The fourth-order valence-corrected chi connectivity index (χ4v) is 1.30. The summed E-state index contributed by atoms with van der Waals surface area (Å²) in [7, 11) is 2.12. The fourth-order valence-electron chi connectivity index (χ4n) is 1.30. The minimum absolute atomic E-state index is 0. The first-order valence-corrected chi connectivity index (χ1v) is 3.08. The molecule has 0 bridgehead atoms. The van der Waals surface area contributed by atoms with E-state index in [1.165, 1.54) is 0 Å². The smallest absolute Gasteiger partial charge is 0 e. The Kier molecular flexibility index (Phi) is 4.53. The summed E-state index contributed by atoms with van der Waals surface area (Å²) >= 11 is 0. The van der Waals surface area contributed by atoms with Gasteiger partial charge in [0.25, 0.3) is 0 Å². The van der Waals surface area contributed by atoms with Crippen LogP contribution in [0.5, 0.6) is 0 Å². The third-order valence-corrected chi connectivity index (χ3v) is 1.93. The van der Waals surface area contributed by atoms with Crippen molar-refractivity contribution in [3.63, 3.8) is 0 Å². The van der Waals surface area contributed by atoms with E-state index in [9.17, 15) is 0 Å². The first-order chi connectivity index (χ1) is 3.75. The Hall–Kier alpha value is 1.06. The van der Waals surface area contributed by atoms with Gasteiger partial charge in [-0.2, -0.15) is 6.42 Å². The van der Waals surface area contributed by atoms with E-state index >= 15 is 0 Å². The second kappa shape index (κ2) is 4.05. The van der Waals surface area contributed by atoms with E-state index in [1.807, 2.05) is 0 Å². The van der Waals surface area contributed by atoms with Gasteiger partial charge in [0.1, 0.15) is 0 Å². The molecule has 1 fully saturated rings. The molecular weight excluding hydrogens is 187 g/mol. The summed E-state index contributed by atoms with van der Waals surface area (Å²) in [6, 6.07) is 0.662. The van der Waals surface area contributed by atoms with Gasteiger partial charge in [0.15, 0.2) is 0 Å². The molecule has 1 radical (unpaired) electrons. The number of likely N-dealkylation sites (tertiary alicyclic amines) is 1. The van der Waals surface area contributed by atoms with Crippen molar-refractivity contribution in [3.8, 4) is 0 Å². The molecule has 2 atom stereocenters. The molecule has 1 rings (SSSR count). The molecule has 0 aromatic carbocycles. The Morgan fingerprint density at radius 2 is 2.22 bits per heavy atom. The van der Waals surface area contributed by atoms with Gasteiger partial charge in [-0.1, -0.05) is 0 Å². The van der Waals surface area contributed by atoms with Crippen LogP contribution in [-0.2, 0) is 32.7 Å². The number of rotatable bonds is 1. The zero-order valence-corrected chi connectivity index (χ0v) is 8.85. The van der Waals surface area contributed by atoms with Crippen LogP contribution in [0.15, 0.2) is 0 Å². The summed E-state index contributed by atoms with van der Waals surface area (Å²) in [5.74, 6) is 0.637. The van der Waals surface area contributed by atoms with Crippen molar-refractivity contribution in [2.45, 2.75) is 12.5 Å². The Bertz CT molecular complexity index is 77.0. The maximum absolute atomic E-state index is 3.96. The molecule has 0 saturated carbocycles. The van der Waals surface area contributed by atoms with Crippen LogP contribution in [0.4, 0.5) is 0 Å². The summed E-state index contributed by atoms with van der Waals surface area (Å²) in [5.41, 5.74) is 0. The molecule has 0 aromatic rings. The van der Waals surface area contributed by atoms with E-state index in [4.69, 9.17) is 0 Å². The van der Waals surface area contributed by atoms with Crippen molar-refractivity contribution in [2.75, 3.05) is 13.6 Å². The molecule has 51 valence electrons. The van der Waals surface area contributed by atoms with Crippen LogP contribution in [0, 0.1) is 19.8 Å². The van der Waals surface area contributed by atoms with Crippen molar-refractivity contribution in [1.29, 1.82) is 0 Å². The molecule has 2 heteroatoms. The van der Waals surface area contributed by atoms with Gasteiger partial charge in [0.05, 0.1) is 0 Å². The monoisotopic (exact) mass is 200 g/mol. The predicted molar refractivity (Wildman–Crippen MR) is 35.2 cm³/mol. The maximum Gasteiger partial charge on any atom is 0 e. The number of hydrogen-bond donors (Lipinski definition) is 0. The summed E-state index contributed by atoms with van der Waals surface area (Å²) in [6.45, 7) is 8.94. The Morgan fingerprint density at radius 3 is 2.33 bits per heavy atom. The second-order valence-corrected chi connectivity index (χ2v) is 2.56. The van der Waals surface area contributed by atoms with Gasteiger partial charge in [0.2, 0.25) is 0 Å². The molecular formula is C7H13NY-2. The normalized spacial score (nSPS) is 35.0. The van der Waals surface area contributed by atoms with E-state index in [1.54, 1.807) is 0 Å². The molecule has 1 saturated heterocycles. The van der Waals surface area contributed by atoms with Crippen molar-refractivity contribution in [1.82, 2.24) is 4.90 Å². The molecule has 0 N–H and O–H groups in total. The van der Waals surface area contributed by atoms with E-state index in [0.29, 0.717) is 12.0 Å². The first-order valence-electron chi connectivity index (χ1n) is 3.08. The van der Waals surface area contributed by atoms with E-state index in [0.717, 1.165) is 13.0 Å². The van der Waals surface area contributed by atoms with Gasteiger partial charge in [-0.15, -0.1) is 5.92 Å². The van der Waals surface area contributed by atoms with Crippen molar-refractivity contribution in [2.24, 2.45) is 5.92 Å². The predicted octanol–water partition coefficient (Wildman–Crippen LogP) is 0.972. The SMILES string of the molecule is [CH2-]CC1C([CH2-])CN1C.[Y]. The van der Waals surface area contributed by atoms with Crippen molar-refractivity contribution in [3.05, 3.63) is 13.8 Å². The largest absolute Gasteiger partial charge is 0.342 e. The molecule has 9 heavy (non-hydrogen) atoms. The van der Waals surface area contributed by atoms with Crippen LogP contribution in [0.25, 0.3) is 0 Å². The van der Waals surface area contributed by atoms with Crippen LogP contribution < -0.4 is 0 Å². The fraction of sp³-hybridized carbons (Fsp3) is 0.714. The van der Waals surface area contributed by atoms with E-state index in [2.05, 4.69) is 25.8 Å². The van der Waals surface area contributed by atoms with Crippen molar-refractivity contribution < 1.29 is 32.7 Å². The maximum atomic E-state index is 3.96. The molecule has 0 aliphatic carbocycles. The standard InChI is InChI=1S/C7H13N.Y/c1-4-7-6(2)5-8(7)3;/h6-7H,1-2,4-5H2,3H3;/q-2;. The Balaban J connectivity index is 0.000000640. The van der Waals surface area contributed by atoms with Crippen molar-refractivity contribution >= 4 is 0 Å². The van der Waals surface area contributed by atoms with E-state index in [-0.39, 0.29) is 32.7 Å². The van der Waals surface area contributed by atoms with Gasteiger partial charge in [-0.05, 0) is 19.6 Å². The number of nitrogens with zero attached hydrogens (tertiary/aromatic N) is 1. The average Bonchev–Trinajstić information content (AvgIpc) is 1.67. The third kappa shape index (κ3) is 1.99.